The molecule has 0 aromatic rings. The molecule has 0 aliphatic rings. The van der Waals surface area contributed by atoms with Gasteiger partial charge in [-0.1, -0.05) is 15.9 Å². The highest BCUT2D eigenvalue weighted by Crippen LogP contribution is 1.97. The van der Waals surface area contributed by atoms with Gasteiger partial charge in [0.25, 0.3) is 0 Å². The smallest absolute Gasteiger partial charge is 0.234 e. The Balaban J connectivity index is 3.81. The summed E-state index contributed by atoms with van der Waals surface area (Å²) in [6, 6.07) is 0. The maximum absolute atomic E-state index is 11.0. The molecular formula is C6H12BrNO3S. The van der Waals surface area contributed by atoms with E-state index in [1.54, 1.807) is 0 Å². The van der Waals surface area contributed by atoms with Crippen molar-refractivity contribution in [3.8, 4) is 0 Å². The molecule has 1 N–H and O–H groups in total. The Morgan fingerprint density at radius 3 is 2.42 bits per heavy atom. The van der Waals surface area contributed by atoms with Gasteiger partial charge in [0.1, 0.15) is 0 Å². The largest absolute Gasteiger partial charge is 0.274 e. The molecule has 0 heterocycles. The molecule has 0 saturated carbocycles. The molecule has 0 aromatic heterocycles. The predicted octanol–water partition coefficient (Wildman–Crippen LogP) is 0.627. The van der Waals surface area contributed by atoms with Crippen molar-refractivity contribution in [1.29, 1.82) is 0 Å². The fourth-order valence-electron chi connectivity index (χ4n) is 0.657. The third-order valence-corrected chi connectivity index (χ3v) is 3.08. The Kier molecular flexibility index (Phi) is 5.48. The highest BCUT2D eigenvalue weighted by molar-refractivity contribution is 9.09. The first kappa shape index (κ1) is 11.9. The van der Waals surface area contributed by atoms with Gasteiger partial charge < -0.3 is 0 Å². The number of amides is 1. The van der Waals surface area contributed by atoms with Gasteiger partial charge in [-0.25, -0.2) is 8.42 Å². The summed E-state index contributed by atoms with van der Waals surface area (Å²) in [5.41, 5.74) is 0. The van der Waals surface area contributed by atoms with Crippen LogP contribution in [-0.4, -0.2) is 25.4 Å². The van der Waals surface area contributed by atoms with Crippen LogP contribution in [0.4, 0.5) is 0 Å². The lowest BCUT2D eigenvalue weighted by atomic mass is 10.4. The molecule has 4 nitrogen and oxygen atoms in total. The van der Waals surface area contributed by atoms with E-state index in [2.05, 4.69) is 15.9 Å². The van der Waals surface area contributed by atoms with Gasteiger partial charge >= 0.3 is 0 Å². The maximum atomic E-state index is 11.0. The lowest BCUT2D eigenvalue weighted by Gasteiger charge is -2.02. The summed E-state index contributed by atoms with van der Waals surface area (Å²) in [4.78, 5) is 10.4. The molecule has 0 rings (SSSR count). The Bertz CT molecular complexity index is 237. The minimum absolute atomic E-state index is 0.0121. The number of rotatable bonds is 5. The molecule has 0 saturated heterocycles. The van der Waals surface area contributed by atoms with Crippen molar-refractivity contribution >= 4 is 31.9 Å². The lowest BCUT2D eigenvalue weighted by Crippen LogP contribution is -2.30. The van der Waals surface area contributed by atoms with Crippen molar-refractivity contribution in [2.45, 2.75) is 19.8 Å². The van der Waals surface area contributed by atoms with Crippen LogP contribution in [0.3, 0.4) is 0 Å². The van der Waals surface area contributed by atoms with E-state index in [1.807, 2.05) is 4.72 Å². The number of carbonyl (C=O) groups is 1. The fraction of sp³-hybridized carbons (Fsp3) is 0.833. The van der Waals surface area contributed by atoms with Crippen molar-refractivity contribution in [3.63, 3.8) is 0 Å². The summed E-state index contributed by atoms with van der Waals surface area (Å²) < 4.78 is 23.8. The van der Waals surface area contributed by atoms with E-state index < -0.39 is 15.9 Å². The molecule has 0 unspecified atom stereocenters. The first-order valence-corrected chi connectivity index (χ1v) is 6.32. The monoisotopic (exact) mass is 257 g/mol. The minimum atomic E-state index is -3.37. The maximum Gasteiger partial charge on any atom is 0.234 e. The average molecular weight is 258 g/mol. The van der Waals surface area contributed by atoms with E-state index in [0.29, 0.717) is 6.42 Å². The zero-order chi connectivity index (χ0) is 9.61. The van der Waals surface area contributed by atoms with E-state index >= 15 is 0 Å². The van der Waals surface area contributed by atoms with Gasteiger partial charge in [0, 0.05) is 12.3 Å². The number of nitrogens with one attached hydrogen (secondary N) is 1. The van der Waals surface area contributed by atoms with Crippen molar-refractivity contribution in [3.05, 3.63) is 0 Å². The summed E-state index contributed by atoms with van der Waals surface area (Å²) in [6.07, 6.45) is 1.35. The number of alkyl halides is 1. The van der Waals surface area contributed by atoms with Crippen LogP contribution in [0, 0.1) is 0 Å². The number of sulfonamides is 1. The number of unbranched alkanes of at least 4 members (excludes halogenated alkanes) is 1. The first-order valence-electron chi connectivity index (χ1n) is 3.55. The molecule has 0 atom stereocenters. The second-order valence-corrected chi connectivity index (χ2v) is 5.01. The lowest BCUT2D eigenvalue weighted by molar-refractivity contribution is -0.117. The van der Waals surface area contributed by atoms with Crippen molar-refractivity contribution < 1.29 is 13.2 Å². The third-order valence-electron chi connectivity index (χ3n) is 1.10. The Labute approximate surface area is 80.9 Å². The first-order chi connectivity index (χ1) is 5.48. The quantitative estimate of drug-likeness (QED) is 0.581. The standard InChI is InChI=1S/C6H12BrNO3S/c1-6(9)8-12(10,11)5-3-2-4-7/h2-5H2,1H3,(H,8,9). The average Bonchev–Trinajstić information content (AvgIpc) is 1.84. The van der Waals surface area contributed by atoms with Crippen LogP contribution in [0.25, 0.3) is 0 Å². The molecule has 0 fully saturated rings. The molecule has 12 heavy (non-hydrogen) atoms. The molecule has 0 aliphatic heterocycles. The molecule has 0 spiro atoms. The SMILES string of the molecule is CC(=O)NS(=O)(=O)CCCCBr. The van der Waals surface area contributed by atoms with E-state index in [1.165, 1.54) is 6.92 Å². The molecule has 0 aliphatic carbocycles. The summed E-state index contributed by atoms with van der Waals surface area (Å²) in [7, 11) is -3.37. The van der Waals surface area contributed by atoms with Gasteiger partial charge in [-0.3, -0.25) is 9.52 Å². The minimum Gasteiger partial charge on any atom is -0.274 e. The molecular weight excluding hydrogens is 246 g/mol. The predicted molar refractivity (Wildman–Crippen MR) is 50.6 cm³/mol. The molecule has 0 bridgehead atoms. The Morgan fingerprint density at radius 1 is 1.42 bits per heavy atom. The van der Waals surface area contributed by atoms with Crippen LogP contribution in [-0.2, 0) is 14.8 Å². The van der Waals surface area contributed by atoms with E-state index in [0.717, 1.165) is 11.8 Å². The Morgan fingerprint density at radius 2 is 2.00 bits per heavy atom. The number of hydrogen-bond acceptors (Lipinski definition) is 3. The summed E-state index contributed by atoms with van der Waals surface area (Å²) in [5, 5.41) is 0.780. The van der Waals surface area contributed by atoms with E-state index in [4.69, 9.17) is 0 Å². The molecule has 6 heteroatoms. The van der Waals surface area contributed by atoms with Crippen molar-refractivity contribution in [2.75, 3.05) is 11.1 Å². The highest BCUT2D eigenvalue weighted by Gasteiger charge is 2.10. The van der Waals surface area contributed by atoms with Crippen LogP contribution < -0.4 is 4.72 Å². The van der Waals surface area contributed by atoms with Gasteiger partial charge in [0.15, 0.2) is 0 Å². The molecule has 1 amide bonds. The molecule has 0 aromatic carbocycles. The fourth-order valence-corrected chi connectivity index (χ4v) is 2.18. The number of carbonyl (C=O) groups excluding carboxylic acids is 1. The van der Waals surface area contributed by atoms with E-state index in [-0.39, 0.29) is 5.75 Å². The van der Waals surface area contributed by atoms with Gasteiger partial charge in [-0.2, -0.15) is 0 Å². The summed E-state index contributed by atoms with van der Waals surface area (Å²) >= 11 is 3.19. The van der Waals surface area contributed by atoms with Crippen molar-refractivity contribution in [2.24, 2.45) is 0 Å². The highest BCUT2D eigenvalue weighted by atomic mass is 79.9. The van der Waals surface area contributed by atoms with Crippen LogP contribution in [0.15, 0.2) is 0 Å². The Hall–Kier alpha value is -0.100. The van der Waals surface area contributed by atoms with Crippen LogP contribution in [0.5, 0.6) is 0 Å². The van der Waals surface area contributed by atoms with Crippen molar-refractivity contribution in [1.82, 2.24) is 4.72 Å². The third kappa shape index (κ3) is 6.60. The van der Waals surface area contributed by atoms with Gasteiger partial charge in [0.05, 0.1) is 5.75 Å². The second-order valence-electron chi connectivity index (χ2n) is 2.37. The van der Waals surface area contributed by atoms with E-state index in [9.17, 15) is 13.2 Å². The zero-order valence-corrected chi connectivity index (χ0v) is 9.24. The zero-order valence-electron chi connectivity index (χ0n) is 6.84. The number of hydrogen-bond donors (Lipinski definition) is 1. The van der Waals surface area contributed by atoms with Crippen LogP contribution in [0.2, 0.25) is 0 Å². The second kappa shape index (κ2) is 5.53. The topological polar surface area (TPSA) is 63.2 Å². The summed E-state index contributed by atoms with van der Waals surface area (Å²) in [6.45, 7) is 1.18. The van der Waals surface area contributed by atoms with Crippen LogP contribution >= 0.6 is 15.9 Å². The number of halogens is 1. The van der Waals surface area contributed by atoms with Gasteiger partial charge in [-0.15, -0.1) is 0 Å². The molecule has 0 radical (unpaired) electrons. The van der Waals surface area contributed by atoms with Gasteiger partial charge in [0.2, 0.25) is 15.9 Å². The molecule has 72 valence electrons. The normalized spacial score (nSPS) is 11.2. The summed E-state index contributed by atoms with van der Waals surface area (Å²) in [5.74, 6) is -0.521. The van der Waals surface area contributed by atoms with Gasteiger partial charge in [-0.05, 0) is 12.8 Å². The van der Waals surface area contributed by atoms with Crippen LogP contribution in [0.1, 0.15) is 19.8 Å².